The Hall–Kier alpha value is -6.24. The third-order valence-corrected chi connectivity index (χ3v) is 11.6. The van der Waals surface area contributed by atoms with E-state index in [4.69, 9.17) is 19.5 Å². The van der Waals surface area contributed by atoms with Crippen LogP contribution in [0.2, 0.25) is 0 Å². The van der Waals surface area contributed by atoms with Crippen LogP contribution in [-0.4, -0.2) is 109 Å². The lowest BCUT2D eigenvalue weighted by Crippen LogP contribution is -2.47. The van der Waals surface area contributed by atoms with E-state index in [1.165, 1.54) is 0 Å². The number of amides is 2. The topological polar surface area (TPSA) is 114 Å². The maximum atomic E-state index is 13.5. The van der Waals surface area contributed by atoms with Gasteiger partial charge in [0.25, 0.3) is 11.8 Å². The van der Waals surface area contributed by atoms with E-state index in [0.29, 0.717) is 62.7 Å². The van der Waals surface area contributed by atoms with E-state index in [0.717, 1.165) is 112 Å². The molecule has 336 valence electrons. The van der Waals surface area contributed by atoms with Crippen molar-refractivity contribution in [2.24, 2.45) is 9.98 Å². The zero-order chi connectivity index (χ0) is 44.4. The lowest BCUT2D eigenvalue weighted by atomic mass is 10.2. The van der Waals surface area contributed by atoms with Gasteiger partial charge in [0.1, 0.15) is 36.1 Å². The summed E-state index contributed by atoms with van der Waals surface area (Å²) >= 11 is 0. The molecule has 3 aliphatic rings. The van der Waals surface area contributed by atoms with Crippen molar-refractivity contribution in [1.29, 1.82) is 0 Å². The highest BCUT2D eigenvalue weighted by molar-refractivity contribution is 6.16. The van der Waals surface area contributed by atoms with Gasteiger partial charge in [0.15, 0.2) is 0 Å². The van der Waals surface area contributed by atoms with Crippen molar-refractivity contribution in [3.05, 3.63) is 143 Å². The van der Waals surface area contributed by atoms with Crippen LogP contribution in [0.3, 0.4) is 0 Å². The molecule has 12 heteroatoms. The fourth-order valence-corrected chi connectivity index (χ4v) is 7.79. The minimum Gasteiger partial charge on any atom is -0.489 e. The molecule has 0 spiro atoms. The van der Waals surface area contributed by atoms with E-state index in [2.05, 4.69) is 34.3 Å². The zero-order valence-electron chi connectivity index (χ0n) is 37.6. The molecule has 0 saturated carbocycles. The van der Waals surface area contributed by atoms with Crippen molar-refractivity contribution >= 4 is 35.9 Å². The highest BCUT2D eigenvalue weighted by atomic mass is 16.5. The summed E-state index contributed by atoms with van der Waals surface area (Å²) in [5.74, 6) is 2.80. The average Bonchev–Trinajstić information content (AvgIpc) is 3.79. The van der Waals surface area contributed by atoms with Crippen molar-refractivity contribution in [3.63, 3.8) is 0 Å². The third-order valence-electron chi connectivity index (χ3n) is 11.6. The molecule has 0 unspecified atom stereocenters. The van der Waals surface area contributed by atoms with Crippen LogP contribution in [-0.2, 0) is 22.8 Å². The largest absolute Gasteiger partial charge is 0.489 e. The highest BCUT2D eigenvalue weighted by Crippen LogP contribution is 2.21. The van der Waals surface area contributed by atoms with Crippen LogP contribution < -0.4 is 20.1 Å². The number of hydrogen-bond acceptors (Lipinski definition) is 8. The Kier molecular flexibility index (Phi) is 17.2. The number of nitrogens with one attached hydrogen (secondary N) is 2. The normalized spacial score (nSPS) is 18.4. The Morgan fingerprint density at radius 1 is 0.516 bits per heavy atom. The van der Waals surface area contributed by atoms with E-state index >= 15 is 0 Å². The summed E-state index contributed by atoms with van der Waals surface area (Å²) in [6.07, 6.45) is 9.47. The summed E-state index contributed by atoms with van der Waals surface area (Å²) < 4.78 is 11.9. The van der Waals surface area contributed by atoms with Gasteiger partial charge in [0.2, 0.25) is 11.9 Å². The van der Waals surface area contributed by atoms with Gasteiger partial charge in [-0.2, -0.15) is 0 Å². The summed E-state index contributed by atoms with van der Waals surface area (Å²) in [4.78, 5) is 45.3. The standard InChI is InChI=1S/C52H64N8O4/c1-3-5-31-59-49(61)47(37-41-19-23-45(24-20-41)63-39-43-15-9-7-10-16-43)55-51(59)53-27-13-29-57-33-35-58(36-34-57)30-14-28-54-52-56-48(50(62)60(52)32-6-4-2)38-42-21-25-46(26-22-42)64-40-44-17-11-8-12-18-44/h7-12,15-26,37-38H,3-6,13-14,27-36,39-40H2,1-2H3,(H,53,55)(H,54,56)/b47-37-,48-38-. The molecule has 3 aliphatic heterocycles. The van der Waals surface area contributed by atoms with Gasteiger partial charge in [0.05, 0.1) is 0 Å². The average molecular weight is 865 g/mol. The molecule has 3 saturated heterocycles. The Bertz CT molecular complexity index is 2060. The smallest absolute Gasteiger partial charge is 0.277 e. The second-order valence-corrected chi connectivity index (χ2v) is 16.5. The number of ether oxygens (including phenoxy) is 2. The zero-order valence-corrected chi connectivity index (χ0v) is 37.6. The first-order valence-electron chi connectivity index (χ1n) is 23.1. The number of unbranched alkanes of at least 4 members (excludes halogenated alkanes) is 2. The Morgan fingerprint density at radius 2 is 0.906 bits per heavy atom. The molecule has 3 heterocycles. The van der Waals surface area contributed by atoms with Crippen LogP contribution in [0.25, 0.3) is 12.2 Å². The van der Waals surface area contributed by atoms with Crippen LogP contribution in [0.1, 0.15) is 74.6 Å². The van der Waals surface area contributed by atoms with E-state index < -0.39 is 0 Å². The minimum absolute atomic E-state index is 0.0363. The Labute approximate surface area is 379 Å². The van der Waals surface area contributed by atoms with Crippen LogP contribution in [0.15, 0.2) is 131 Å². The number of aliphatic imine (C=N–C) groups is 2. The first-order chi connectivity index (χ1) is 31.4. The molecule has 0 aliphatic carbocycles. The van der Waals surface area contributed by atoms with Gasteiger partial charge in [-0.15, -0.1) is 0 Å². The van der Waals surface area contributed by atoms with E-state index in [1.54, 1.807) is 9.80 Å². The fourth-order valence-electron chi connectivity index (χ4n) is 7.79. The fraction of sp³-hybridized carbons (Fsp3) is 0.385. The molecule has 0 radical (unpaired) electrons. The lowest BCUT2D eigenvalue weighted by molar-refractivity contribution is -0.123. The van der Waals surface area contributed by atoms with Gasteiger partial charge >= 0.3 is 0 Å². The number of carbonyl (C=O) groups excluding carboxylic acids is 2. The quantitative estimate of drug-likeness (QED) is 0.0609. The second kappa shape index (κ2) is 24.0. The van der Waals surface area contributed by atoms with Crippen molar-refractivity contribution in [3.8, 4) is 11.5 Å². The monoisotopic (exact) mass is 865 g/mol. The molecule has 0 atom stereocenters. The van der Waals surface area contributed by atoms with Gasteiger partial charge in [-0.05, 0) is 84.4 Å². The van der Waals surface area contributed by atoms with Crippen molar-refractivity contribution in [2.75, 3.05) is 65.4 Å². The molecule has 7 rings (SSSR count). The molecule has 3 fully saturated rings. The Balaban J connectivity index is 0.827. The maximum absolute atomic E-state index is 13.5. The molecule has 0 bridgehead atoms. The van der Waals surface area contributed by atoms with E-state index in [-0.39, 0.29) is 11.8 Å². The van der Waals surface area contributed by atoms with E-state index in [1.807, 2.05) is 121 Å². The molecular formula is C52H64N8O4. The third kappa shape index (κ3) is 13.4. The first-order valence-corrected chi connectivity index (χ1v) is 23.1. The molecule has 64 heavy (non-hydrogen) atoms. The highest BCUT2D eigenvalue weighted by Gasteiger charge is 2.32. The molecule has 4 aromatic carbocycles. The number of piperazine rings is 1. The van der Waals surface area contributed by atoms with Gasteiger partial charge < -0.3 is 29.9 Å². The predicted molar refractivity (Wildman–Crippen MR) is 257 cm³/mol. The number of rotatable bonds is 22. The molecule has 0 aromatic heterocycles. The molecule has 2 amide bonds. The summed E-state index contributed by atoms with van der Waals surface area (Å²) in [5.41, 5.74) is 5.17. The summed E-state index contributed by atoms with van der Waals surface area (Å²) in [6, 6.07) is 35.8. The summed E-state index contributed by atoms with van der Waals surface area (Å²) in [7, 11) is 0. The summed E-state index contributed by atoms with van der Waals surface area (Å²) in [6.45, 7) is 13.9. The summed E-state index contributed by atoms with van der Waals surface area (Å²) in [5, 5.41) is 6.65. The number of guanidine groups is 2. The number of carbonyl (C=O) groups is 2. The van der Waals surface area contributed by atoms with Crippen molar-refractivity contribution in [2.45, 2.75) is 65.6 Å². The molecule has 2 N–H and O–H groups in total. The number of hydrogen-bond donors (Lipinski definition) is 2. The first kappa shape index (κ1) is 45.8. The Morgan fingerprint density at radius 3 is 1.28 bits per heavy atom. The molecule has 4 aromatic rings. The van der Waals surface area contributed by atoms with Crippen LogP contribution in [0.4, 0.5) is 0 Å². The SMILES string of the molecule is CCCCN1C(=O)/C(=C/c2ccc(OCc3ccccc3)cc2)NC1=NCCCN1CCN(CCCN=C2N/C(=C\c3ccc(OCc4ccccc4)cc3)C(=O)N2CCCC)CC1. The van der Waals surface area contributed by atoms with Gasteiger partial charge in [-0.1, -0.05) is 112 Å². The van der Waals surface area contributed by atoms with Crippen molar-refractivity contribution in [1.82, 2.24) is 30.2 Å². The van der Waals surface area contributed by atoms with Crippen molar-refractivity contribution < 1.29 is 19.1 Å². The number of nitrogens with zero attached hydrogens (tertiary/aromatic N) is 6. The second-order valence-electron chi connectivity index (χ2n) is 16.5. The van der Waals surface area contributed by atoms with Gasteiger partial charge in [0, 0.05) is 65.4 Å². The maximum Gasteiger partial charge on any atom is 0.277 e. The predicted octanol–water partition coefficient (Wildman–Crippen LogP) is 7.80. The molecular weight excluding hydrogens is 801 g/mol. The lowest BCUT2D eigenvalue weighted by Gasteiger charge is -2.34. The van der Waals surface area contributed by atoms with Crippen LogP contribution in [0, 0.1) is 0 Å². The minimum atomic E-state index is -0.0363. The number of benzene rings is 4. The molecule has 12 nitrogen and oxygen atoms in total. The van der Waals surface area contributed by atoms with Crippen LogP contribution >= 0.6 is 0 Å². The van der Waals surface area contributed by atoms with Gasteiger partial charge in [-0.25, -0.2) is 0 Å². The van der Waals surface area contributed by atoms with Gasteiger partial charge in [-0.3, -0.25) is 29.4 Å². The van der Waals surface area contributed by atoms with E-state index in [9.17, 15) is 9.59 Å². The van der Waals surface area contributed by atoms with Crippen LogP contribution in [0.5, 0.6) is 11.5 Å².